The molecule has 0 unspecified atom stereocenters. The molecule has 2 aromatic rings. The summed E-state index contributed by atoms with van der Waals surface area (Å²) in [5.74, 6) is -0.926. The highest BCUT2D eigenvalue weighted by molar-refractivity contribution is 5.73. The number of hydroxylamine groups is 2. The highest BCUT2D eigenvalue weighted by atomic mass is 16.5. The van der Waals surface area contributed by atoms with E-state index in [0.29, 0.717) is 17.5 Å². The van der Waals surface area contributed by atoms with Crippen LogP contribution in [0, 0.1) is 0 Å². The van der Waals surface area contributed by atoms with Crippen LogP contribution < -0.4 is 0 Å². The van der Waals surface area contributed by atoms with Gasteiger partial charge in [0.25, 0.3) is 0 Å². The number of aromatic hydroxyl groups is 2. The number of rotatable bonds is 7. The first-order valence-corrected chi connectivity index (χ1v) is 7.20. The van der Waals surface area contributed by atoms with Crippen molar-refractivity contribution in [2.75, 3.05) is 6.54 Å². The number of carboxylic acids is 1. The minimum absolute atomic E-state index is 0.0760. The van der Waals surface area contributed by atoms with Crippen molar-refractivity contribution in [1.29, 1.82) is 0 Å². The standard InChI is InChI=1S/C17H19NO5/c19-14-7-5-12(6-8-14)11-15(17(21)22)18(23)10-9-13-3-1-2-4-16(13)20/h1-8,15,19-20,23H,9-11H2,(H,21,22)/t15-/m0/s1. The van der Waals surface area contributed by atoms with Crippen molar-refractivity contribution in [3.63, 3.8) is 0 Å². The Morgan fingerprint density at radius 2 is 1.70 bits per heavy atom. The molecule has 2 rings (SSSR count). The Kier molecular flexibility index (Phi) is 5.56. The average molecular weight is 317 g/mol. The molecular weight excluding hydrogens is 298 g/mol. The minimum Gasteiger partial charge on any atom is -0.508 e. The van der Waals surface area contributed by atoms with Gasteiger partial charge in [0.2, 0.25) is 0 Å². The second kappa shape index (κ2) is 7.62. The van der Waals surface area contributed by atoms with Gasteiger partial charge < -0.3 is 20.5 Å². The molecule has 0 saturated heterocycles. The van der Waals surface area contributed by atoms with E-state index in [2.05, 4.69) is 0 Å². The third-order valence-electron chi connectivity index (χ3n) is 3.61. The maximum Gasteiger partial charge on any atom is 0.323 e. The fourth-order valence-electron chi connectivity index (χ4n) is 2.29. The smallest absolute Gasteiger partial charge is 0.323 e. The molecule has 0 aliphatic heterocycles. The molecule has 0 radical (unpaired) electrons. The molecule has 1 atom stereocenters. The molecular formula is C17H19NO5. The molecule has 122 valence electrons. The van der Waals surface area contributed by atoms with Crippen LogP contribution in [0.3, 0.4) is 0 Å². The van der Waals surface area contributed by atoms with Gasteiger partial charge in [0.05, 0.1) is 0 Å². The third kappa shape index (κ3) is 4.70. The number of hydrogen-bond acceptors (Lipinski definition) is 5. The van der Waals surface area contributed by atoms with Gasteiger partial charge in [0, 0.05) is 13.0 Å². The number of hydrogen-bond donors (Lipinski definition) is 4. The molecule has 0 aliphatic rings. The van der Waals surface area contributed by atoms with Crippen LogP contribution >= 0.6 is 0 Å². The molecule has 0 saturated carbocycles. The first-order valence-electron chi connectivity index (χ1n) is 7.20. The van der Waals surface area contributed by atoms with Gasteiger partial charge in [0.1, 0.15) is 17.5 Å². The highest BCUT2D eigenvalue weighted by Gasteiger charge is 2.24. The second-order valence-electron chi connectivity index (χ2n) is 5.27. The Bertz CT molecular complexity index is 656. The fourth-order valence-corrected chi connectivity index (χ4v) is 2.29. The Balaban J connectivity index is 2.01. The van der Waals surface area contributed by atoms with E-state index >= 15 is 0 Å². The summed E-state index contributed by atoms with van der Waals surface area (Å²) in [6.07, 6.45) is 0.426. The molecule has 23 heavy (non-hydrogen) atoms. The molecule has 2 aromatic carbocycles. The zero-order valence-electron chi connectivity index (χ0n) is 12.5. The van der Waals surface area contributed by atoms with E-state index in [9.17, 15) is 25.3 Å². The lowest BCUT2D eigenvalue weighted by molar-refractivity contribution is -0.169. The number of para-hydroxylation sites is 1. The predicted molar refractivity (Wildman–Crippen MR) is 83.5 cm³/mol. The summed E-state index contributed by atoms with van der Waals surface area (Å²) < 4.78 is 0. The van der Waals surface area contributed by atoms with E-state index in [0.717, 1.165) is 5.06 Å². The molecule has 0 bridgehead atoms. The summed E-state index contributed by atoms with van der Waals surface area (Å²) in [6, 6.07) is 11.8. The van der Waals surface area contributed by atoms with Gasteiger partial charge in [-0.3, -0.25) is 4.79 Å². The SMILES string of the molecule is O=C(O)[C@H](Cc1ccc(O)cc1)N(O)CCc1ccccc1O. The van der Waals surface area contributed by atoms with Gasteiger partial charge in [-0.15, -0.1) is 0 Å². The van der Waals surface area contributed by atoms with Gasteiger partial charge in [-0.25, -0.2) is 0 Å². The highest BCUT2D eigenvalue weighted by Crippen LogP contribution is 2.17. The van der Waals surface area contributed by atoms with E-state index < -0.39 is 12.0 Å². The van der Waals surface area contributed by atoms with E-state index in [1.54, 1.807) is 36.4 Å². The largest absolute Gasteiger partial charge is 0.508 e. The number of benzene rings is 2. The maximum atomic E-state index is 11.4. The van der Waals surface area contributed by atoms with E-state index in [-0.39, 0.29) is 24.5 Å². The first kappa shape index (κ1) is 16.8. The Labute approximate surface area is 133 Å². The molecule has 6 heteroatoms. The van der Waals surface area contributed by atoms with Gasteiger partial charge in [-0.2, -0.15) is 5.06 Å². The van der Waals surface area contributed by atoms with Crippen LogP contribution in [-0.4, -0.2) is 44.1 Å². The lowest BCUT2D eigenvalue weighted by atomic mass is 10.0. The number of carbonyl (C=O) groups is 1. The zero-order valence-corrected chi connectivity index (χ0v) is 12.5. The third-order valence-corrected chi connectivity index (χ3v) is 3.61. The Morgan fingerprint density at radius 1 is 1.04 bits per heavy atom. The van der Waals surface area contributed by atoms with Gasteiger partial charge in [-0.05, 0) is 35.7 Å². The van der Waals surface area contributed by atoms with Crippen LogP contribution in [0.4, 0.5) is 0 Å². The van der Waals surface area contributed by atoms with Crippen LogP contribution in [0.5, 0.6) is 11.5 Å². The molecule has 0 aromatic heterocycles. The Hall–Kier alpha value is -2.57. The summed E-state index contributed by atoms with van der Waals surface area (Å²) >= 11 is 0. The van der Waals surface area contributed by atoms with Crippen molar-refractivity contribution >= 4 is 5.97 Å². The lowest BCUT2D eigenvalue weighted by Crippen LogP contribution is -2.41. The molecule has 0 spiro atoms. The van der Waals surface area contributed by atoms with Crippen LogP contribution in [0.15, 0.2) is 48.5 Å². The molecule has 0 fully saturated rings. The number of nitrogens with zero attached hydrogens (tertiary/aromatic N) is 1. The van der Waals surface area contributed by atoms with E-state index in [1.807, 2.05) is 0 Å². The maximum absolute atomic E-state index is 11.4. The first-order chi connectivity index (χ1) is 11.0. The summed E-state index contributed by atoms with van der Waals surface area (Å²) in [6.45, 7) is 0.0760. The Morgan fingerprint density at radius 3 is 2.30 bits per heavy atom. The van der Waals surface area contributed by atoms with Gasteiger partial charge in [0.15, 0.2) is 0 Å². The molecule has 0 heterocycles. The summed E-state index contributed by atoms with van der Waals surface area (Å²) in [4.78, 5) is 11.4. The van der Waals surface area contributed by atoms with Gasteiger partial charge in [-0.1, -0.05) is 30.3 Å². The predicted octanol–water partition coefficient (Wildman–Crippen LogP) is 2.03. The van der Waals surface area contributed by atoms with Crippen molar-refractivity contribution in [1.82, 2.24) is 5.06 Å². The molecule has 0 aliphatic carbocycles. The number of phenolic OH excluding ortho intramolecular Hbond substituents is 2. The van der Waals surface area contributed by atoms with Crippen molar-refractivity contribution in [3.8, 4) is 11.5 Å². The fraction of sp³-hybridized carbons (Fsp3) is 0.235. The summed E-state index contributed by atoms with van der Waals surface area (Å²) in [7, 11) is 0. The lowest BCUT2D eigenvalue weighted by Gasteiger charge is -2.22. The van der Waals surface area contributed by atoms with Crippen LogP contribution in [0.2, 0.25) is 0 Å². The number of phenols is 2. The van der Waals surface area contributed by atoms with Crippen molar-refractivity contribution in [2.24, 2.45) is 0 Å². The monoisotopic (exact) mass is 317 g/mol. The van der Waals surface area contributed by atoms with Crippen LogP contribution in [-0.2, 0) is 17.6 Å². The van der Waals surface area contributed by atoms with Crippen LogP contribution in [0.25, 0.3) is 0 Å². The molecule has 4 N–H and O–H groups in total. The normalized spacial score (nSPS) is 12.3. The second-order valence-corrected chi connectivity index (χ2v) is 5.27. The quantitative estimate of drug-likeness (QED) is 0.583. The zero-order chi connectivity index (χ0) is 16.8. The number of aliphatic carboxylic acids is 1. The molecule has 0 amide bonds. The average Bonchev–Trinajstić information content (AvgIpc) is 2.53. The topological polar surface area (TPSA) is 101 Å². The van der Waals surface area contributed by atoms with Crippen LogP contribution in [0.1, 0.15) is 11.1 Å². The van der Waals surface area contributed by atoms with E-state index in [4.69, 9.17) is 0 Å². The van der Waals surface area contributed by atoms with E-state index in [1.165, 1.54) is 12.1 Å². The number of carboxylic acid groups (broad SMARTS) is 1. The summed E-state index contributed by atoms with van der Waals surface area (Å²) in [5.41, 5.74) is 1.33. The summed E-state index contributed by atoms with van der Waals surface area (Å²) in [5, 5.41) is 39.1. The van der Waals surface area contributed by atoms with Crippen molar-refractivity contribution < 1.29 is 25.3 Å². The van der Waals surface area contributed by atoms with Gasteiger partial charge >= 0.3 is 5.97 Å². The minimum atomic E-state index is -1.14. The van der Waals surface area contributed by atoms with Crippen molar-refractivity contribution in [2.45, 2.75) is 18.9 Å². The molecule has 6 nitrogen and oxygen atoms in total. The van der Waals surface area contributed by atoms with Crippen molar-refractivity contribution in [3.05, 3.63) is 59.7 Å².